The van der Waals surface area contributed by atoms with Gasteiger partial charge in [0.15, 0.2) is 11.6 Å². The van der Waals surface area contributed by atoms with Crippen molar-refractivity contribution in [3.05, 3.63) is 42.4 Å². The van der Waals surface area contributed by atoms with Crippen LogP contribution in [0.5, 0.6) is 11.6 Å². The highest BCUT2D eigenvalue weighted by Gasteiger charge is 2.35. The van der Waals surface area contributed by atoms with Gasteiger partial charge in [0.25, 0.3) is 5.88 Å². The van der Waals surface area contributed by atoms with Gasteiger partial charge in [0, 0.05) is 44.0 Å². The monoisotopic (exact) mass is 535 g/mol. The lowest BCUT2D eigenvalue weighted by atomic mass is 9.90. The molecule has 0 saturated carbocycles. The largest absolute Gasteiger partial charge is 0.433 e. The number of benzene rings is 1. The summed E-state index contributed by atoms with van der Waals surface area (Å²) in [5.41, 5.74) is 8.39. The Hall–Kier alpha value is -3.25. The highest BCUT2D eigenvalue weighted by molar-refractivity contribution is 5.69. The third-order valence-corrected chi connectivity index (χ3v) is 7.96. The van der Waals surface area contributed by atoms with Crippen LogP contribution in [0.2, 0.25) is 0 Å². The molecule has 208 valence electrons. The smallest absolute Gasteiger partial charge is 0.263 e. The molecular formula is C28H37N7O4. The van der Waals surface area contributed by atoms with Gasteiger partial charge in [0.1, 0.15) is 5.60 Å². The molecule has 5 heterocycles. The van der Waals surface area contributed by atoms with Crippen LogP contribution >= 0.6 is 0 Å². The summed E-state index contributed by atoms with van der Waals surface area (Å²) in [5, 5.41) is 15.9. The average molecular weight is 536 g/mol. The van der Waals surface area contributed by atoms with Gasteiger partial charge in [-0.25, -0.2) is 9.97 Å². The highest BCUT2D eigenvalue weighted by Crippen LogP contribution is 2.37. The molecular weight excluding hydrogens is 498 g/mol. The van der Waals surface area contributed by atoms with E-state index in [1.165, 1.54) is 0 Å². The molecule has 0 aliphatic carbocycles. The van der Waals surface area contributed by atoms with Crippen molar-refractivity contribution in [3.8, 4) is 22.9 Å². The molecule has 0 radical (unpaired) electrons. The first kappa shape index (κ1) is 26.0. The number of rotatable bonds is 6. The fourth-order valence-corrected chi connectivity index (χ4v) is 5.54. The number of likely N-dealkylation sites (tertiary alicyclic amines) is 1. The van der Waals surface area contributed by atoms with Crippen molar-refractivity contribution in [2.24, 2.45) is 0 Å². The van der Waals surface area contributed by atoms with Crippen LogP contribution in [0.15, 0.2) is 36.8 Å². The van der Waals surface area contributed by atoms with Crippen molar-refractivity contribution in [1.82, 2.24) is 24.6 Å². The molecule has 3 aliphatic rings. The van der Waals surface area contributed by atoms with Gasteiger partial charge >= 0.3 is 0 Å². The van der Waals surface area contributed by atoms with Crippen LogP contribution in [-0.2, 0) is 15.1 Å². The molecule has 3 aliphatic heterocycles. The SMILES string of the molecule is CN1CCC(n2cc(Oc3nc(-c4cc(N5CCCOCC5)cc(C5(O)CCOC5)c4)cnc3N)cn2)CC1. The minimum Gasteiger partial charge on any atom is -0.433 e. The van der Waals surface area contributed by atoms with Crippen LogP contribution in [-0.4, -0.2) is 89.4 Å². The number of hydrogen-bond acceptors (Lipinski definition) is 10. The normalized spacial score (nSPS) is 23.2. The summed E-state index contributed by atoms with van der Waals surface area (Å²) >= 11 is 0. The van der Waals surface area contributed by atoms with Crippen molar-refractivity contribution < 1.29 is 19.3 Å². The lowest BCUT2D eigenvalue weighted by Gasteiger charge is -2.28. The Morgan fingerprint density at radius 2 is 1.92 bits per heavy atom. The molecule has 0 spiro atoms. The maximum absolute atomic E-state index is 11.4. The van der Waals surface area contributed by atoms with Gasteiger partial charge in [-0.3, -0.25) is 4.68 Å². The fourth-order valence-electron chi connectivity index (χ4n) is 5.54. The molecule has 3 fully saturated rings. The van der Waals surface area contributed by atoms with Gasteiger partial charge in [-0.05, 0) is 63.2 Å². The summed E-state index contributed by atoms with van der Waals surface area (Å²) in [6, 6.07) is 6.46. The molecule has 1 atom stereocenters. The number of ether oxygens (including phenoxy) is 3. The molecule has 3 saturated heterocycles. The second kappa shape index (κ2) is 11.1. The zero-order valence-electron chi connectivity index (χ0n) is 22.5. The van der Waals surface area contributed by atoms with E-state index in [9.17, 15) is 5.11 Å². The minimum absolute atomic E-state index is 0.203. The zero-order chi connectivity index (χ0) is 26.8. The molecule has 3 N–H and O–H groups in total. The number of aromatic nitrogens is 4. The van der Waals surface area contributed by atoms with Gasteiger partial charge in [-0.1, -0.05) is 0 Å². The van der Waals surface area contributed by atoms with Crippen LogP contribution in [0.4, 0.5) is 11.5 Å². The molecule has 6 rings (SSSR count). The van der Waals surface area contributed by atoms with E-state index in [4.69, 9.17) is 24.9 Å². The van der Waals surface area contributed by atoms with E-state index >= 15 is 0 Å². The molecule has 11 heteroatoms. The van der Waals surface area contributed by atoms with E-state index in [-0.39, 0.29) is 18.3 Å². The van der Waals surface area contributed by atoms with Gasteiger partial charge in [0.05, 0.1) is 43.5 Å². The predicted octanol–water partition coefficient (Wildman–Crippen LogP) is 2.82. The molecule has 39 heavy (non-hydrogen) atoms. The number of piperidine rings is 1. The topological polar surface area (TPSA) is 124 Å². The second-order valence-corrected chi connectivity index (χ2v) is 10.8. The standard InChI is InChI=1S/C28H37N7O4/c1-33-7-3-22(4-8-33)35-18-24(16-31-35)39-27-26(29)30-17-25(32-27)20-13-21(28(36)5-11-38-19-28)15-23(14-20)34-6-2-10-37-12-9-34/h13-18,22,36H,2-12,19H2,1H3,(H2,29,30). The van der Waals surface area contributed by atoms with Gasteiger partial charge in [-0.15, -0.1) is 0 Å². The van der Waals surface area contributed by atoms with E-state index in [0.29, 0.717) is 37.1 Å². The predicted molar refractivity (Wildman–Crippen MR) is 147 cm³/mol. The molecule has 1 aromatic carbocycles. The van der Waals surface area contributed by atoms with Crippen molar-refractivity contribution >= 4 is 11.5 Å². The number of hydrogen-bond donors (Lipinski definition) is 2. The molecule has 11 nitrogen and oxygen atoms in total. The second-order valence-electron chi connectivity index (χ2n) is 10.8. The Labute approximate surface area is 228 Å². The Morgan fingerprint density at radius 1 is 1.05 bits per heavy atom. The Morgan fingerprint density at radius 3 is 2.74 bits per heavy atom. The number of nitrogens with zero attached hydrogens (tertiary/aromatic N) is 6. The van der Waals surface area contributed by atoms with Crippen LogP contribution in [0.1, 0.15) is 37.3 Å². The molecule has 2 aromatic heterocycles. The van der Waals surface area contributed by atoms with E-state index in [1.807, 2.05) is 16.9 Å². The van der Waals surface area contributed by atoms with Gasteiger partial charge in [-0.2, -0.15) is 5.10 Å². The Balaban J connectivity index is 1.30. The minimum atomic E-state index is -1.05. The van der Waals surface area contributed by atoms with Gasteiger partial charge < -0.3 is 34.9 Å². The van der Waals surface area contributed by atoms with E-state index in [0.717, 1.165) is 68.9 Å². The lowest BCUT2D eigenvalue weighted by Crippen LogP contribution is -2.31. The summed E-state index contributed by atoms with van der Waals surface area (Å²) in [4.78, 5) is 13.8. The summed E-state index contributed by atoms with van der Waals surface area (Å²) in [6.45, 7) is 5.96. The van der Waals surface area contributed by atoms with Crippen molar-refractivity contribution in [1.29, 1.82) is 0 Å². The number of aliphatic hydroxyl groups is 1. The van der Waals surface area contributed by atoms with Crippen molar-refractivity contribution in [2.75, 3.05) is 70.3 Å². The number of nitrogens with two attached hydrogens (primary N) is 1. The van der Waals surface area contributed by atoms with Crippen LogP contribution in [0.3, 0.4) is 0 Å². The van der Waals surface area contributed by atoms with Crippen molar-refractivity contribution in [2.45, 2.75) is 37.3 Å². The van der Waals surface area contributed by atoms with Crippen molar-refractivity contribution in [3.63, 3.8) is 0 Å². The van der Waals surface area contributed by atoms with E-state index in [2.05, 4.69) is 39.1 Å². The van der Waals surface area contributed by atoms with Crippen LogP contribution in [0, 0.1) is 0 Å². The Bertz CT molecular complexity index is 1280. The summed E-state index contributed by atoms with van der Waals surface area (Å²) in [6.07, 6.45) is 8.83. The third kappa shape index (κ3) is 5.72. The van der Waals surface area contributed by atoms with E-state index < -0.39 is 5.60 Å². The molecule has 3 aromatic rings. The van der Waals surface area contributed by atoms with Gasteiger partial charge in [0.2, 0.25) is 0 Å². The highest BCUT2D eigenvalue weighted by atomic mass is 16.5. The summed E-state index contributed by atoms with van der Waals surface area (Å²) < 4.78 is 19.3. The third-order valence-electron chi connectivity index (χ3n) is 7.96. The van der Waals surface area contributed by atoms with E-state index in [1.54, 1.807) is 12.4 Å². The van der Waals surface area contributed by atoms with Crippen LogP contribution in [0.25, 0.3) is 11.3 Å². The first-order valence-corrected chi connectivity index (χ1v) is 13.8. The first-order chi connectivity index (χ1) is 19.0. The maximum atomic E-state index is 11.4. The molecule has 0 amide bonds. The quantitative estimate of drug-likeness (QED) is 0.487. The average Bonchev–Trinajstić information content (AvgIpc) is 3.52. The Kier molecular flexibility index (Phi) is 7.39. The molecule has 1 unspecified atom stereocenters. The maximum Gasteiger partial charge on any atom is 0.263 e. The lowest BCUT2D eigenvalue weighted by molar-refractivity contribution is 0.0232. The summed E-state index contributed by atoms with van der Waals surface area (Å²) in [5.74, 6) is 1.01. The summed E-state index contributed by atoms with van der Waals surface area (Å²) in [7, 11) is 2.14. The number of nitrogen functional groups attached to an aromatic ring is 1. The number of anilines is 2. The van der Waals surface area contributed by atoms with Crippen LogP contribution < -0.4 is 15.4 Å². The molecule has 0 bridgehead atoms. The fraction of sp³-hybridized carbons (Fsp3) is 0.536. The zero-order valence-corrected chi connectivity index (χ0v) is 22.5. The first-order valence-electron chi connectivity index (χ1n) is 13.8.